The van der Waals surface area contributed by atoms with Gasteiger partial charge in [0.1, 0.15) is 11.2 Å². The zero-order valence-electron chi connectivity index (χ0n) is 18.0. The van der Waals surface area contributed by atoms with E-state index in [0.29, 0.717) is 12.1 Å². The standard InChI is InChI=1S/C23H30N2O4/c1-22(2,3)28-20(26)25(21(27)29-23(4,5)6)19-13-9-17(10-14-19)15-16-7-11-18(24)12-8-16/h7-14H,15,24H2,1-6H3. The molecule has 2 N–H and O–H groups in total. The summed E-state index contributed by atoms with van der Waals surface area (Å²) >= 11 is 0. The minimum Gasteiger partial charge on any atom is -0.443 e. The number of carbonyl (C=O) groups excluding carboxylic acids is 2. The van der Waals surface area contributed by atoms with Gasteiger partial charge in [-0.15, -0.1) is 0 Å². The molecule has 0 spiro atoms. The fourth-order valence-electron chi connectivity index (χ4n) is 2.53. The summed E-state index contributed by atoms with van der Waals surface area (Å²) in [6.07, 6.45) is -0.851. The van der Waals surface area contributed by atoms with Crippen molar-refractivity contribution < 1.29 is 19.1 Å². The molecule has 2 aromatic rings. The Balaban J connectivity index is 2.26. The van der Waals surface area contributed by atoms with Crippen LogP contribution in [-0.2, 0) is 15.9 Å². The van der Waals surface area contributed by atoms with Crippen molar-refractivity contribution in [2.45, 2.75) is 59.2 Å². The Morgan fingerprint density at radius 3 is 1.52 bits per heavy atom. The number of nitrogens with zero attached hydrogens (tertiary/aromatic N) is 1. The van der Waals surface area contributed by atoms with Gasteiger partial charge in [0.05, 0.1) is 5.69 Å². The second kappa shape index (κ2) is 8.55. The van der Waals surface area contributed by atoms with Gasteiger partial charge in [0, 0.05) is 5.69 Å². The van der Waals surface area contributed by atoms with E-state index in [2.05, 4.69) is 0 Å². The maximum atomic E-state index is 12.7. The van der Waals surface area contributed by atoms with Crippen LogP contribution in [0.1, 0.15) is 52.7 Å². The van der Waals surface area contributed by atoms with Gasteiger partial charge in [-0.05, 0) is 83.4 Å². The zero-order valence-corrected chi connectivity index (χ0v) is 18.0. The highest BCUT2D eigenvalue weighted by molar-refractivity contribution is 6.09. The van der Waals surface area contributed by atoms with Gasteiger partial charge in [-0.1, -0.05) is 24.3 Å². The molecule has 0 fully saturated rings. The summed E-state index contributed by atoms with van der Waals surface area (Å²) < 4.78 is 10.8. The Bertz CT molecular complexity index is 816. The largest absolute Gasteiger partial charge is 0.443 e. The highest BCUT2D eigenvalue weighted by Crippen LogP contribution is 2.23. The molecule has 0 saturated heterocycles. The molecule has 6 nitrogen and oxygen atoms in total. The number of benzene rings is 2. The number of nitrogen functional groups attached to an aromatic ring is 1. The van der Waals surface area contributed by atoms with Crippen LogP contribution in [0, 0.1) is 0 Å². The van der Waals surface area contributed by atoms with Gasteiger partial charge in [-0.2, -0.15) is 4.90 Å². The van der Waals surface area contributed by atoms with E-state index in [0.717, 1.165) is 21.7 Å². The predicted molar refractivity (Wildman–Crippen MR) is 115 cm³/mol. The van der Waals surface area contributed by atoms with Gasteiger partial charge in [0.25, 0.3) is 0 Å². The third kappa shape index (κ3) is 7.14. The minimum absolute atomic E-state index is 0.384. The van der Waals surface area contributed by atoms with Gasteiger partial charge >= 0.3 is 12.2 Å². The SMILES string of the molecule is CC(C)(C)OC(=O)N(C(=O)OC(C)(C)C)c1ccc(Cc2ccc(N)cc2)cc1. The molecular weight excluding hydrogens is 368 g/mol. The van der Waals surface area contributed by atoms with E-state index in [1.54, 1.807) is 53.7 Å². The monoisotopic (exact) mass is 398 g/mol. The first-order valence-corrected chi connectivity index (χ1v) is 9.53. The zero-order chi connectivity index (χ0) is 21.8. The second-order valence-electron chi connectivity index (χ2n) is 8.88. The van der Waals surface area contributed by atoms with Crippen molar-refractivity contribution >= 4 is 23.6 Å². The average Bonchev–Trinajstić information content (AvgIpc) is 2.55. The summed E-state index contributed by atoms with van der Waals surface area (Å²) in [5.74, 6) is 0. The van der Waals surface area contributed by atoms with Crippen LogP contribution in [0.15, 0.2) is 48.5 Å². The lowest BCUT2D eigenvalue weighted by Crippen LogP contribution is -2.43. The summed E-state index contributed by atoms with van der Waals surface area (Å²) in [4.78, 5) is 26.3. The number of rotatable bonds is 3. The first-order valence-electron chi connectivity index (χ1n) is 9.53. The van der Waals surface area contributed by atoms with Crippen LogP contribution in [-0.4, -0.2) is 23.4 Å². The lowest BCUT2D eigenvalue weighted by atomic mass is 10.0. The molecule has 0 unspecified atom stereocenters. The van der Waals surface area contributed by atoms with Crippen molar-refractivity contribution in [1.82, 2.24) is 0 Å². The van der Waals surface area contributed by atoms with Crippen LogP contribution in [0.3, 0.4) is 0 Å². The summed E-state index contributed by atoms with van der Waals surface area (Å²) in [6, 6.07) is 14.8. The number of ether oxygens (including phenoxy) is 2. The molecule has 0 atom stereocenters. The van der Waals surface area contributed by atoms with Crippen LogP contribution >= 0.6 is 0 Å². The topological polar surface area (TPSA) is 81.9 Å². The van der Waals surface area contributed by atoms with Gasteiger partial charge in [0.15, 0.2) is 0 Å². The van der Waals surface area contributed by atoms with Crippen LogP contribution in [0.2, 0.25) is 0 Å². The summed E-state index contributed by atoms with van der Waals surface area (Å²) in [5, 5.41) is 0. The molecule has 6 heteroatoms. The van der Waals surface area contributed by atoms with Crippen LogP contribution in [0.5, 0.6) is 0 Å². The molecule has 0 radical (unpaired) electrons. The molecule has 156 valence electrons. The molecule has 2 aromatic carbocycles. The van der Waals surface area contributed by atoms with Gasteiger partial charge in [-0.3, -0.25) is 0 Å². The van der Waals surface area contributed by atoms with Crippen molar-refractivity contribution in [2.24, 2.45) is 0 Å². The third-order valence-corrected chi connectivity index (χ3v) is 3.73. The van der Waals surface area contributed by atoms with Crippen LogP contribution < -0.4 is 10.6 Å². The number of amides is 2. The summed E-state index contributed by atoms with van der Waals surface area (Å²) in [6.45, 7) is 10.5. The smallest absolute Gasteiger partial charge is 0.424 e. The van der Waals surface area contributed by atoms with Gasteiger partial charge in [-0.25, -0.2) is 9.59 Å². The molecule has 0 aliphatic carbocycles. The van der Waals surface area contributed by atoms with Crippen molar-refractivity contribution in [1.29, 1.82) is 0 Å². The van der Waals surface area contributed by atoms with Crippen LogP contribution in [0.25, 0.3) is 0 Å². The summed E-state index contributed by atoms with van der Waals surface area (Å²) in [7, 11) is 0. The Morgan fingerprint density at radius 2 is 1.14 bits per heavy atom. The van der Waals surface area contributed by atoms with Crippen molar-refractivity contribution in [3.05, 3.63) is 59.7 Å². The Hall–Kier alpha value is -3.02. The number of hydrogen-bond acceptors (Lipinski definition) is 5. The molecule has 0 heterocycles. The highest BCUT2D eigenvalue weighted by Gasteiger charge is 2.32. The van der Waals surface area contributed by atoms with Crippen LogP contribution in [0.4, 0.5) is 21.0 Å². The van der Waals surface area contributed by atoms with E-state index >= 15 is 0 Å². The summed E-state index contributed by atoms with van der Waals surface area (Å²) in [5.41, 5.74) is 7.49. The lowest BCUT2D eigenvalue weighted by molar-refractivity contribution is 0.0431. The number of hydrogen-bond donors (Lipinski definition) is 1. The molecule has 2 amide bonds. The van der Waals surface area contributed by atoms with E-state index in [4.69, 9.17) is 15.2 Å². The van der Waals surface area contributed by atoms with E-state index < -0.39 is 23.4 Å². The lowest BCUT2D eigenvalue weighted by Gasteiger charge is -2.28. The fourth-order valence-corrected chi connectivity index (χ4v) is 2.53. The highest BCUT2D eigenvalue weighted by atomic mass is 16.6. The third-order valence-electron chi connectivity index (χ3n) is 3.73. The second-order valence-corrected chi connectivity index (χ2v) is 8.88. The van der Waals surface area contributed by atoms with E-state index in [1.807, 2.05) is 36.4 Å². The Morgan fingerprint density at radius 1 is 0.759 bits per heavy atom. The Labute approximate surface area is 172 Å². The number of carbonyl (C=O) groups is 2. The molecule has 0 aliphatic heterocycles. The number of imide groups is 1. The molecule has 0 aliphatic rings. The normalized spacial score (nSPS) is 11.7. The maximum Gasteiger partial charge on any atom is 0.424 e. The van der Waals surface area contributed by atoms with Gasteiger partial charge < -0.3 is 15.2 Å². The quantitative estimate of drug-likeness (QED) is 0.687. The van der Waals surface area contributed by atoms with Crippen molar-refractivity contribution in [2.75, 3.05) is 10.6 Å². The fraction of sp³-hybridized carbons (Fsp3) is 0.391. The first kappa shape index (κ1) is 22.3. The molecular formula is C23H30N2O4. The van der Waals surface area contributed by atoms with E-state index in [9.17, 15) is 9.59 Å². The average molecular weight is 399 g/mol. The maximum absolute atomic E-state index is 12.7. The molecule has 0 saturated carbocycles. The molecule has 29 heavy (non-hydrogen) atoms. The minimum atomic E-state index is -0.780. The Kier molecular flexibility index (Phi) is 6.57. The van der Waals surface area contributed by atoms with E-state index in [-0.39, 0.29) is 0 Å². The van der Waals surface area contributed by atoms with Gasteiger partial charge in [0.2, 0.25) is 0 Å². The molecule has 0 aromatic heterocycles. The molecule has 2 rings (SSSR count). The van der Waals surface area contributed by atoms with Crippen molar-refractivity contribution in [3.63, 3.8) is 0 Å². The number of anilines is 2. The number of nitrogens with two attached hydrogens (primary N) is 1. The predicted octanol–water partition coefficient (Wildman–Crippen LogP) is 5.54. The first-order chi connectivity index (χ1) is 13.3. The molecule has 0 bridgehead atoms. The van der Waals surface area contributed by atoms with E-state index in [1.165, 1.54) is 0 Å². The van der Waals surface area contributed by atoms with Crippen molar-refractivity contribution in [3.8, 4) is 0 Å².